The molecule has 0 bridgehead atoms. The summed E-state index contributed by atoms with van der Waals surface area (Å²) in [6.45, 7) is 0.940. The van der Waals surface area contributed by atoms with Gasteiger partial charge in [-0.05, 0) is 43.3 Å². The van der Waals surface area contributed by atoms with Crippen molar-refractivity contribution in [3.8, 4) is 0 Å². The Kier molecular flexibility index (Phi) is 6.00. The van der Waals surface area contributed by atoms with Crippen molar-refractivity contribution in [1.82, 2.24) is 9.13 Å². The molecule has 35 heavy (non-hydrogen) atoms. The monoisotopic (exact) mass is 487 g/mol. The molecule has 9 heteroatoms. The smallest absolute Gasteiger partial charge is 0.332 e. The molecular weight excluding hydrogens is 466 g/mol. The fourth-order valence-corrected chi connectivity index (χ4v) is 5.22. The van der Waals surface area contributed by atoms with E-state index in [1.165, 1.54) is 4.57 Å². The van der Waals surface area contributed by atoms with Crippen LogP contribution >= 0.6 is 11.8 Å². The molecule has 2 heterocycles. The van der Waals surface area contributed by atoms with E-state index in [4.69, 9.17) is 4.74 Å². The Hall–Kier alpha value is -4.11. The number of para-hydroxylation sites is 3. The SMILES string of the molecule is CCn1c(=O)c2ccccc2n(CC(=O)OCC(=O)N2c3ccccc3Sc3ccccc32)c1=O. The van der Waals surface area contributed by atoms with Gasteiger partial charge in [-0.1, -0.05) is 48.2 Å². The highest BCUT2D eigenvalue weighted by Gasteiger charge is 2.28. The van der Waals surface area contributed by atoms with Crippen molar-refractivity contribution in [2.24, 2.45) is 0 Å². The number of aromatic nitrogens is 2. The van der Waals surface area contributed by atoms with Crippen LogP contribution in [0.4, 0.5) is 11.4 Å². The highest BCUT2D eigenvalue weighted by molar-refractivity contribution is 7.99. The summed E-state index contributed by atoms with van der Waals surface area (Å²) in [7, 11) is 0. The maximum absolute atomic E-state index is 13.2. The first-order valence-electron chi connectivity index (χ1n) is 11.1. The first kappa shape index (κ1) is 22.7. The lowest BCUT2D eigenvalue weighted by atomic mass is 10.2. The number of rotatable bonds is 5. The molecule has 8 nitrogen and oxygen atoms in total. The lowest BCUT2D eigenvalue weighted by Gasteiger charge is -2.30. The number of hydrogen-bond donors (Lipinski definition) is 0. The second kappa shape index (κ2) is 9.27. The molecular formula is C26H21N3O5S. The quantitative estimate of drug-likeness (QED) is 0.400. The van der Waals surface area contributed by atoms with Crippen LogP contribution in [0.1, 0.15) is 6.92 Å². The van der Waals surface area contributed by atoms with Crippen molar-refractivity contribution >= 4 is 45.9 Å². The third-order valence-electron chi connectivity index (χ3n) is 5.77. The molecule has 0 N–H and O–H groups in total. The van der Waals surface area contributed by atoms with Crippen molar-refractivity contribution < 1.29 is 14.3 Å². The number of nitrogens with zero attached hydrogens (tertiary/aromatic N) is 3. The molecule has 176 valence electrons. The van der Waals surface area contributed by atoms with Crippen molar-refractivity contribution in [2.75, 3.05) is 11.5 Å². The van der Waals surface area contributed by atoms with E-state index < -0.39 is 36.3 Å². The minimum Gasteiger partial charge on any atom is -0.454 e. The van der Waals surface area contributed by atoms with Crippen LogP contribution in [0.15, 0.2) is 92.2 Å². The van der Waals surface area contributed by atoms with E-state index in [1.54, 1.807) is 47.9 Å². The number of anilines is 2. The van der Waals surface area contributed by atoms with E-state index in [1.807, 2.05) is 48.5 Å². The first-order chi connectivity index (χ1) is 17.0. The molecule has 0 radical (unpaired) electrons. The van der Waals surface area contributed by atoms with Gasteiger partial charge in [0.1, 0.15) is 6.54 Å². The van der Waals surface area contributed by atoms with Crippen LogP contribution in [0.3, 0.4) is 0 Å². The first-order valence-corrected chi connectivity index (χ1v) is 11.9. The molecule has 0 aliphatic carbocycles. The van der Waals surface area contributed by atoms with Crippen molar-refractivity contribution in [2.45, 2.75) is 29.8 Å². The third kappa shape index (κ3) is 4.04. The van der Waals surface area contributed by atoms with Gasteiger partial charge in [0.15, 0.2) is 6.61 Å². The summed E-state index contributed by atoms with van der Waals surface area (Å²) in [5.41, 5.74) is 0.763. The minimum absolute atomic E-state index is 0.168. The molecule has 1 aliphatic heterocycles. The fraction of sp³-hybridized carbons (Fsp3) is 0.154. The molecule has 5 rings (SSSR count). The minimum atomic E-state index is -0.750. The Bertz CT molecular complexity index is 1540. The Labute approximate surface area is 204 Å². The molecule has 0 fully saturated rings. The number of ether oxygens (including phenoxy) is 1. The van der Waals surface area contributed by atoms with Gasteiger partial charge in [-0.25, -0.2) is 4.79 Å². The van der Waals surface area contributed by atoms with Crippen LogP contribution in [0, 0.1) is 0 Å². The molecule has 0 unspecified atom stereocenters. The number of esters is 1. The molecule has 4 aromatic rings. The second-order valence-corrected chi connectivity index (χ2v) is 8.95. The normalized spacial score (nSPS) is 12.2. The van der Waals surface area contributed by atoms with Crippen LogP contribution in [-0.2, 0) is 27.4 Å². The summed E-state index contributed by atoms with van der Waals surface area (Å²) >= 11 is 1.57. The average Bonchev–Trinajstić information content (AvgIpc) is 2.88. The van der Waals surface area contributed by atoms with E-state index in [-0.39, 0.29) is 6.54 Å². The van der Waals surface area contributed by atoms with Crippen LogP contribution < -0.4 is 16.1 Å². The molecule has 0 atom stereocenters. The molecule has 0 saturated heterocycles. The van der Waals surface area contributed by atoms with Crippen LogP contribution in [-0.4, -0.2) is 27.6 Å². The second-order valence-electron chi connectivity index (χ2n) is 7.86. The Morgan fingerprint density at radius 3 is 2.09 bits per heavy atom. The van der Waals surface area contributed by atoms with E-state index in [9.17, 15) is 19.2 Å². The van der Waals surface area contributed by atoms with Gasteiger partial charge >= 0.3 is 11.7 Å². The van der Waals surface area contributed by atoms with E-state index >= 15 is 0 Å². The van der Waals surface area contributed by atoms with Crippen molar-refractivity contribution in [3.63, 3.8) is 0 Å². The number of hydrogen-bond acceptors (Lipinski definition) is 6. The van der Waals surface area contributed by atoms with Crippen LogP contribution in [0.5, 0.6) is 0 Å². The van der Waals surface area contributed by atoms with Crippen LogP contribution in [0.25, 0.3) is 10.9 Å². The highest BCUT2D eigenvalue weighted by atomic mass is 32.2. The van der Waals surface area contributed by atoms with Crippen LogP contribution in [0.2, 0.25) is 0 Å². The zero-order chi connectivity index (χ0) is 24.5. The van der Waals surface area contributed by atoms with Gasteiger partial charge in [-0.15, -0.1) is 0 Å². The maximum Gasteiger partial charge on any atom is 0.332 e. The van der Waals surface area contributed by atoms with Gasteiger partial charge < -0.3 is 4.74 Å². The standard InChI is InChI=1S/C26H21N3O5S/c1-2-27-25(32)17-9-3-4-10-18(17)28(26(27)33)15-24(31)34-16-23(30)29-19-11-5-7-13-21(19)35-22-14-8-6-12-20(22)29/h3-14H,2,15-16H2,1H3. The predicted molar refractivity (Wildman–Crippen MR) is 133 cm³/mol. The zero-order valence-corrected chi connectivity index (χ0v) is 19.7. The molecule has 0 saturated carbocycles. The largest absolute Gasteiger partial charge is 0.454 e. The zero-order valence-electron chi connectivity index (χ0n) is 18.8. The van der Waals surface area contributed by atoms with E-state index in [0.29, 0.717) is 10.9 Å². The summed E-state index contributed by atoms with van der Waals surface area (Å²) in [6.07, 6.45) is 0. The highest BCUT2D eigenvalue weighted by Crippen LogP contribution is 2.47. The number of benzene rings is 3. The van der Waals surface area contributed by atoms with Gasteiger partial charge in [0.2, 0.25) is 0 Å². The topological polar surface area (TPSA) is 90.6 Å². The van der Waals surface area contributed by atoms with E-state index in [2.05, 4.69) is 0 Å². The van der Waals surface area contributed by atoms with Gasteiger partial charge in [0.25, 0.3) is 11.5 Å². The van der Waals surface area contributed by atoms with Crippen molar-refractivity contribution in [1.29, 1.82) is 0 Å². The number of fused-ring (bicyclic) bond motifs is 3. The summed E-state index contributed by atoms with van der Waals surface area (Å²) in [6, 6.07) is 21.7. The third-order valence-corrected chi connectivity index (χ3v) is 6.90. The van der Waals surface area contributed by atoms with E-state index in [0.717, 1.165) is 25.7 Å². The molecule has 0 spiro atoms. The van der Waals surface area contributed by atoms with Gasteiger partial charge in [0.05, 0.1) is 22.3 Å². The van der Waals surface area contributed by atoms with Gasteiger partial charge in [-0.3, -0.25) is 28.4 Å². The molecule has 1 aromatic heterocycles. The maximum atomic E-state index is 13.2. The number of carbonyl (C=O) groups excluding carboxylic acids is 2. The number of carbonyl (C=O) groups is 2. The average molecular weight is 488 g/mol. The Morgan fingerprint density at radius 1 is 0.829 bits per heavy atom. The Morgan fingerprint density at radius 2 is 1.43 bits per heavy atom. The molecule has 1 aliphatic rings. The number of amides is 1. The Balaban J connectivity index is 1.39. The lowest BCUT2D eigenvalue weighted by Crippen LogP contribution is -2.41. The fourth-order valence-electron chi connectivity index (χ4n) is 4.16. The molecule has 3 aromatic carbocycles. The summed E-state index contributed by atoms with van der Waals surface area (Å²) in [4.78, 5) is 54.8. The summed E-state index contributed by atoms with van der Waals surface area (Å²) in [5.74, 6) is -1.16. The summed E-state index contributed by atoms with van der Waals surface area (Å²) in [5, 5.41) is 0.330. The molecule has 1 amide bonds. The van der Waals surface area contributed by atoms with Gasteiger partial charge in [0, 0.05) is 16.3 Å². The van der Waals surface area contributed by atoms with Crippen molar-refractivity contribution in [3.05, 3.63) is 93.6 Å². The predicted octanol–water partition coefficient (Wildman–Crippen LogP) is 3.56. The summed E-state index contributed by atoms with van der Waals surface area (Å²) < 4.78 is 7.59. The van der Waals surface area contributed by atoms with Gasteiger partial charge in [-0.2, -0.15) is 0 Å². The lowest BCUT2D eigenvalue weighted by molar-refractivity contribution is -0.148.